The number of benzene rings is 3. The molecule has 1 aliphatic heterocycles. The number of ether oxygens (including phenoxy) is 2. The topological polar surface area (TPSA) is 115 Å². The van der Waals surface area contributed by atoms with Crippen LogP contribution in [0.2, 0.25) is 0 Å². The highest BCUT2D eigenvalue weighted by atomic mass is 19.1. The van der Waals surface area contributed by atoms with E-state index in [2.05, 4.69) is 20.3 Å². The van der Waals surface area contributed by atoms with E-state index < -0.39 is 42.3 Å². The van der Waals surface area contributed by atoms with Crippen molar-refractivity contribution in [3.05, 3.63) is 114 Å². The van der Waals surface area contributed by atoms with Crippen molar-refractivity contribution in [2.75, 3.05) is 19.0 Å². The smallest absolute Gasteiger partial charge is 0.312 e. The summed E-state index contributed by atoms with van der Waals surface area (Å²) in [4.78, 5) is 12.5. The predicted molar refractivity (Wildman–Crippen MR) is 156 cm³/mol. The van der Waals surface area contributed by atoms with Crippen LogP contribution in [0.15, 0.2) is 91.3 Å². The van der Waals surface area contributed by atoms with Crippen molar-refractivity contribution >= 4 is 17.0 Å². The molecule has 0 saturated carbocycles. The molecule has 0 amide bonds. The van der Waals surface area contributed by atoms with Gasteiger partial charge in [0.15, 0.2) is 29.4 Å². The number of halogens is 2. The summed E-state index contributed by atoms with van der Waals surface area (Å²) in [6.45, 7) is 1.08. The third-order valence-electron chi connectivity index (χ3n) is 8.25. The lowest BCUT2D eigenvalue weighted by molar-refractivity contribution is -0.128. The lowest BCUT2D eigenvalue weighted by atomic mass is 9.77. The van der Waals surface area contributed by atoms with Gasteiger partial charge in [-0.25, -0.2) is 9.37 Å². The summed E-state index contributed by atoms with van der Waals surface area (Å²) < 4.78 is 43.2. The van der Waals surface area contributed by atoms with Crippen LogP contribution in [0.5, 0.6) is 5.75 Å². The number of aliphatic hydroxyl groups is 2. The summed E-state index contributed by atoms with van der Waals surface area (Å²) in [6.07, 6.45) is -4.57. The molecule has 0 unspecified atom stereocenters. The Morgan fingerprint density at radius 1 is 0.977 bits per heavy atom. The molecule has 0 aliphatic carbocycles. The molecule has 0 bridgehead atoms. The Morgan fingerprint density at radius 2 is 1.58 bits per heavy atom. The number of hydrogen-bond donors (Lipinski definition) is 3. The van der Waals surface area contributed by atoms with E-state index in [0.717, 1.165) is 16.7 Å². The first-order valence-electron chi connectivity index (χ1n) is 13.9. The van der Waals surface area contributed by atoms with Crippen molar-refractivity contribution in [3.8, 4) is 5.75 Å². The number of nitrogens with zero attached hydrogens (tertiary/aromatic N) is 4. The third kappa shape index (κ3) is 4.69. The summed E-state index contributed by atoms with van der Waals surface area (Å²) in [5.74, 6) is 0.723. The highest BCUT2D eigenvalue weighted by Crippen LogP contribution is 2.44. The van der Waals surface area contributed by atoms with Crippen LogP contribution in [-0.2, 0) is 10.3 Å². The fourth-order valence-corrected chi connectivity index (χ4v) is 5.84. The second-order valence-corrected chi connectivity index (χ2v) is 10.5. The molecular formula is C32H31F2N5O4. The largest absolute Gasteiger partial charge is 0.497 e. The zero-order valence-electron chi connectivity index (χ0n) is 23.6. The van der Waals surface area contributed by atoms with E-state index >= 15 is 8.78 Å². The Bertz CT molecular complexity index is 1660. The van der Waals surface area contributed by atoms with E-state index in [1.54, 1.807) is 14.0 Å². The van der Waals surface area contributed by atoms with Crippen molar-refractivity contribution in [1.29, 1.82) is 0 Å². The molecule has 0 spiro atoms. The summed E-state index contributed by atoms with van der Waals surface area (Å²) in [7, 11) is 1.59. The van der Waals surface area contributed by atoms with Gasteiger partial charge in [-0.3, -0.25) is 4.57 Å². The number of aromatic nitrogens is 4. The summed E-state index contributed by atoms with van der Waals surface area (Å²) in [6, 6.07) is 26.8. The van der Waals surface area contributed by atoms with E-state index in [9.17, 15) is 10.2 Å². The maximum atomic E-state index is 15.4. The lowest BCUT2D eigenvalue weighted by Crippen LogP contribution is -2.44. The zero-order chi connectivity index (χ0) is 30.2. The van der Waals surface area contributed by atoms with Crippen molar-refractivity contribution in [2.24, 2.45) is 0 Å². The SMILES string of the molecule is CC[C@]1(CO)O[C@@H](n2cnc3c(NC(c4ccccc4)(c4ccccc4)c4ccc(OC)cc4)nc(F)nc32)[C@@H](F)[C@@H]1O. The maximum Gasteiger partial charge on any atom is 0.312 e. The van der Waals surface area contributed by atoms with Gasteiger partial charge in [0, 0.05) is 0 Å². The molecule has 3 N–H and O–H groups in total. The molecular weight excluding hydrogens is 556 g/mol. The Kier molecular flexibility index (Phi) is 7.55. The van der Waals surface area contributed by atoms with Crippen LogP contribution in [0, 0.1) is 6.08 Å². The minimum Gasteiger partial charge on any atom is -0.497 e. The second kappa shape index (κ2) is 11.3. The molecule has 1 saturated heterocycles. The molecule has 1 aliphatic rings. The van der Waals surface area contributed by atoms with Crippen LogP contribution in [0.25, 0.3) is 11.2 Å². The van der Waals surface area contributed by atoms with Gasteiger partial charge in [0.2, 0.25) is 0 Å². The number of hydrogen-bond acceptors (Lipinski definition) is 8. The Labute approximate surface area is 246 Å². The minimum atomic E-state index is -1.93. The van der Waals surface area contributed by atoms with Gasteiger partial charge in [0.1, 0.15) is 23.0 Å². The standard InChI is InChI=1S/C32H31F2N5O4/c1-3-31(18-40)26(41)24(33)29(43-31)39-19-35-25-27(36-30(34)37-28(25)39)38-32(20-10-6-4-7-11-20,21-12-8-5-9-13-21)22-14-16-23(42-2)17-15-22/h4-17,19,24,26,29,40-41H,3,18H2,1-2H3,(H,36,37,38)/t24-,26-,29+,31+/m0/s1. The Balaban J connectivity index is 1.55. The monoisotopic (exact) mass is 587 g/mol. The molecule has 2 aromatic heterocycles. The first-order chi connectivity index (χ1) is 20.9. The average Bonchev–Trinajstić information content (AvgIpc) is 3.58. The average molecular weight is 588 g/mol. The molecule has 1 fully saturated rings. The Morgan fingerprint density at radius 3 is 2.12 bits per heavy atom. The van der Waals surface area contributed by atoms with E-state index in [4.69, 9.17) is 9.47 Å². The molecule has 6 rings (SSSR count). The molecule has 43 heavy (non-hydrogen) atoms. The number of aliphatic hydroxyl groups excluding tert-OH is 2. The van der Waals surface area contributed by atoms with E-state index in [-0.39, 0.29) is 23.4 Å². The number of anilines is 1. The van der Waals surface area contributed by atoms with Crippen molar-refractivity contribution in [3.63, 3.8) is 0 Å². The fraction of sp³-hybridized carbons (Fsp3) is 0.281. The van der Waals surface area contributed by atoms with Crippen LogP contribution in [-0.4, -0.2) is 61.3 Å². The zero-order valence-corrected chi connectivity index (χ0v) is 23.6. The summed E-state index contributed by atoms with van der Waals surface area (Å²) in [5.41, 5.74) is -0.0156. The second-order valence-electron chi connectivity index (χ2n) is 10.5. The van der Waals surface area contributed by atoms with Gasteiger partial charge in [0.05, 0.1) is 20.0 Å². The van der Waals surface area contributed by atoms with Crippen molar-refractivity contribution < 1.29 is 28.5 Å². The van der Waals surface area contributed by atoms with Gasteiger partial charge >= 0.3 is 6.08 Å². The molecule has 9 nitrogen and oxygen atoms in total. The fourth-order valence-electron chi connectivity index (χ4n) is 5.84. The van der Waals surface area contributed by atoms with Crippen LogP contribution in [0.1, 0.15) is 36.3 Å². The first-order valence-corrected chi connectivity index (χ1v) is 13.9. The number of rotatable bonds is 9. The highest BCUT2D eigenvalue weighted by molar-refractivity contribution is 5.84. The van der Waals surface area contributed by atoms with E-state index in [0.29, 0.717) is 5.75 Å². The lowest BCUT2D eigenvalue weighted by Gasteiger charge is -2.37. The quantitative estimate of drug-likeness (QED) is 0.167. The summed E-state index contributed by atoms with van der Waals surface area (Å²) >= 11 is 0. The van der Waals surface area contributed by atoms with Gasteiger partial charge in [-0.2, -0.15) is 14.4 Å². The minimum absolute atomic E-state index is 0.0375. The molecule has 3 aromatic carbocycles. The maximum absolute atomic E-state index is 15.4. The van der Waals surface area contributed by atoms with E-state index in [1.807, 2.05) is 84.9 Å². The molecule has 4 atom stereocenters. The van der Waals surface area contributed by atoms with Crippen molar-refractivity contribution in [2.45, 2.75) is 43.0 Å². The normalized spacial score (nSPS) is 22.1. The predicted octanol–water partition coefficient (Wildman–Crippen LogP) is 4.75. The summed E-state index contributed by atoms with van der Waals surface area (Å²) in [5, 5.41) is 24.0. The highest BCUT2D eigenvalue weighted by Gasteiger charge is 2.55. The van der Waals surface area contributed by atoms with Crippen LogP contribution in [0.4, 0.5) is 14.6 Å². The number of imidazole rings is 1. The number of fused-ring (bicyclic) bond motifs is 1. The molecule has 3 heterocycles. The molecule has 222 valence electrons. The van der Waals surface area contributed by atoms with Crippen LogP contribution >= 0.6 is 0 Å². The van der Waals surface area contributed by atoms with Gasteiger partial charge in [-0.1, -0.05) is 79.7 Å². The number of alkyl halides is 1. The van der Waals surface area contributed by atoms with Gasteiger partial charge < -0.3 is 25.0 Å². The number of methoxy groups -OCH3 is 1. The van der Waals surface area contributed by atoms with E-state index in [1.165, 1.54) is 10.9 Å². The molecule has 0 radical (unpaired) electrons. The first kappa shape index (κ1) is 28.7. The Hall–Kier alpha value is -4.45. The van der Waals surface area contributed by atoms with Gasteiger partial charge in [-0.15, -0.1) is 0 Å². The van der Waals surface area contributed by atoms with Crippen molar-refractivity contribution in [1.82, 2.24) is 19.5 Å². The van der Waals surface area contributed by atoms with Crippen LogP contribution in [0.3, 0.4) is 0 Å². The molecule has 11 heteroatoms. The van der Waals surface area contributed by atoms with Gasteiger partial charge in [0.25, 0.3) is 0 Å². The number of nitrogens with one attached hydrogen (secondary N) is 1. The van der Waals surface area contributed by atoms with Gasteiger partial charge in [-0.05, 0) is 35.2 Å². The third-order valence-corrected chi connectivity index (χ3v) is 8.25. The molecule has 5 aromatic rings. The van der Waals surface area contributed by atoms with Crippen LogP contribution < -0.4 is 10.1 Å².